The van der Waals surface area contributed by atoms with Crippen LogP contribution in [0.3, 0.4) is 0 Å². The molecule has 1 aliphatic rings. The van der Waals surface area contributed by atoms with Crippen molar-refractivity contribution in [3.63, 3.8) is 0 Å². The van der Waals surface area contributed by atoms with E-state index < -0.39 is 0 Å². The van der Waals surface area contributed by atoms with Crippen LogP contribution in [0, 0.1) is 5.92 Å². The lowest BCUT2D eigenvalue weighted by molar-refractivity contribution is -0.107. The van der Waals surface area contributed by atoms with Crippen LogP contribution in [0.2, 0.25) is 0 Å². The van der Waals surface area contributed by atoms with Crippen LogP contribution >= 0.6 is 0 Å². The van der Waals surface area contributed by atoms with Crippen LogP contribution in [-0.4, -0.2) is 17.5 Å². The first-order chi connectivity index (χ1) is 9.13. The number of hydrogen-bond acceptors (Lipinski definition) is 2. The second-order valence-corrected chi connectivity index (χ2v) is 5.80. The number of hydrogen-bond donors (Lipinski definition) is 1. The van der Waals surface area contributed by atoms with E-state index in [4.69, 9.17) is 0 Å². The lowest BCUT2D eigenvalue weighted by atomic mass is 9.88. The van der Waals surface area contributed by atoms with E-state index in [0.717, 1.165) is 51.2 Å². The van der Waals surface area contributed by atoms with Gasteiger partial charge in [-0.1, -0.05) is 29.7 Å². The summed E-state index contributed by atoms with van der Waals surface area (Å²) in [6.07, 6.45) is 13.4. The number of allylic oxidation sites excluding steroid dienone is 4. The molecule has 0 amide bonds. The zero-order chi connectivity index (χ0) is 14.1. The summed E-state index contributed by atoms with van der Waals surface area (Å²) in [5, 5.41) is 9.91. The van der Waals surface area contributed by atoms with Crippen molar-refractivity contribution in [1.82, 2.24) is 0 Å². The quantitative estimate of drug-likeness (QED) is 0.405. The highest BCUT2D eigenvalue weighted by Crippen LogP contribution is 2.27. The summed E-state index contributed by atoms with van der Waals surface area (Å²) in [6, 6.07) is 0. The van der Waals surface area contributed by atoms with E-state index in [1.807, 2.05) is 6.92 Å². The summed E-state index contributed by atoms with van der Waals surface area (Å²) in [4.78, 5) is 10.3. The molecule has 0 bridgehead atoms. The Bertz CT molecular complexity index is 326. The molecule has 0 heterocycles. The molecule has 19 heavy (non-hydrogen) atoms. The molecule has 0 saturated heterocycles. The molecule has 0 radical (unpaired) electrons. The molecule has 108 valence electrons. The van der Waals surface area contributed by atoms with Crippen LogP contribution in [0.4, 0.5) is 0 Å². The van der Waals surface area contributed by atoms with Crippen molar-refractivity contribution in [2.75, 3.05) is 0 Å². The van der Waals surface area contributed by atoms with Gasteiger partial charge in [0.15, 0.2) is 0 Å². The second-order valence-electron chi connectivity index (χ2n) is 5.80. The fourth-order valence-electron chi connectivity index (χ4n) is 2.66. The fourth-order valence-corrected chi connectivity index (χ4v) is 2.66. The third-order valence-corrected chi connectivity index (χ3v) is 4.07. The first-order valence-electron chi connectivity index (χ1n) is 7.58. The molecule has 2 atom stereocenters. The molecule has 2 unspecified atom stereocenters. The van der Waals surface area contributed by atoms with Crippen LogP contribution < -0.4 is 0 Å². The van der Waals surface area contributed by atoms with Gasteiger partial charge in [-0.15, -0.1) is 0 Å². The predicted octanol–water partition coefficient (Wildman–Crippen LogP) is 4.19. The Morgan fingerprint density at radius 3 is 2.79 bits per heavy atom. The Morgan fingerprint density at radius 1 is 1.32 bits per heavy atom. The molecular weight excluding hydrogens is 236 g/mol. The van der Waals surface area contributed by atoms with Crippen molar-refractivity contribution < 1.29 is 9.90 Å². The van der Waals surface area contributed by atoms with Crippen molar-refractivity contribution in [3.8, 4) is 0 Å². The molecule has 1 rings (SSSR count). The minimum Gasteiger partial charge on any atom is -0.393 e. The van der Waals surface area contributed by atoms with E-state index >= 15 is 0 Å². The summed E-state index contributed by atoms with van der Waals surface area (Å²) in [5.74, 6) is 0.344. The number of aliphatic hydroxyl groups is 1. The third kappa shape index (κ3) is 6.72. The summed E-state index contributed by atoms with van der Waals surface area (Å²) in [5.41, 5.74) is 2.97. The third-order valence-electron chi connectivity index (χ3n) is 4.07. The summed E-state index contributed by atoms with van der Waals surface area (Å²) in [6.45, 7) is 4.09. The molecule has 2 heteroatoms. The van der Waals surface area contributed by atoms with Crippen molar-refractivity contribution in [1.29, 1.82) is 0 Å². The van der Waals surface area contributed by atoms with Gasteiger partial charge in [-0.3, -0.25) is 0 Å². The number of aliphatic hydroxyl groups excluding tert-OH is 1. The van der Waals surface area contributed by atoms with Crippen molar-refractivity contribution in [2.45, 2.75) is 71.3 Å². The van der Waals surface area contributed by atoms with E-state index in [1.165, 1.54) is 11.1 Å². The normalized spacial score (nSPS) is 19.1. The van der Waals surface area contributed by atoms with Crippen molar-refractivity contribution in [3.05, 3.63) is 23.3 Å². The highest BCUT2D eigenvalue weighted by molar-refractivity contribution is 5.48. The highest BCUT2D eigenvalue weighted by Gasteiger charge is 2.17. The van der Waals surface area contributed by atoms with Gasteiger partial charge >= 0.3 is 0 Å². The van der Waals surface area contributed by atoms with Gasteiger partial charge < -0.3 is 9.90 Å². The monoisotopic (exact) mass is 264 g/mol. The van der Waals surface area contributed by atoms with Crippen LogP contribution in [0.1, 0.15) is 65.2 Å². The van der Waals surface area contributed by atoms with Gasteiger partial charge in [-0.25, -0.2) is 0 Å². The number of carbonyl (C=O) groups excluding carboxylic acids is 1. The molecule has 0 aromatic heterocycles. The number of aldehydes is 1. The molecule has 1 N–H and O–H groups in total. The molecule has 1 aliphatic carbocycles. The SMILES string of the molecule is CC1=CCC=C(CC(CCCCC=O)C(C)O)CC1. The van der Waals surface area contributed by atoms with Gasteiger partial charge in [0.1, 0.15) is 6.29 Å². The maximum absolute atomic E-state index is 10.3. The van der Waals surface area contributed by atoms with E-state index in [1.54, 1.807) is 0 Å². The van der Waals surface area contributed by atoms with E-state index in [-0.39, 0.29) is 6.10 Å². The van der Waals surface area contributed by atoms with Gasteiger partial charge in [0.2, 0.25) is 0 Å². The Hall–Kier alpha value is -0.890. The predicted molar refractivity (Wildman–Crippen MR) is 80.0 cm³/mol. The van der Waals surface area contributed by atoms with E-state index in [2.05, 4.69) is 19.1 Å². The smallest absolute Gasteiger partial charge is 0.119 e. The Balaban J connectivity index is 2.40. The molecule has 2 nitrogen and oxygen atoms in total. The van der Waals surface area contributed by atoms with Crippen LogP contribution in [0.25, 0.3) is 0 Å². The molecule has 0 spiro atoms. The topological polar surface area (TPSA) is 37.3 Å². The van der Waals surface area contributed by atoms with Crippen molar-refractivity contribution >= 4 is 6.29 Å². The van der Waals surface area contributed by atoms with Crippen molar-refractivity contribution in [2.24, 2.45) is 5.92 Å². The minimum atomic E-state index is -0.255. The molecule has 0 aromatic rings. The largest absolute Gasteiger partial charge is 0.393 e. The van der Waals surface area contributed by atoms with Gasteiger partial charge in [0.05, 0.1) is 6.10 Å². The zero-order valence-corrected chi connectivity index (χ0v) is 12.4. The van der Waals surface area contributed by atoms with Gasteiger partial charge in [-0.05, 0) is 58.3 Å². The van der Waals surface area contributed by atoms with Crippen LogP contribution in [0.15, 0.2) is 23.3 Å². The van der Waals surface area contributed by atoms with E-state index in [0.29, 0.717) is 12.3 Å². The lowest BCUT2D eigenvalue weighted by Gasteiger charge is -2.21. The van der Waals surface area contributed by atoms with Crippen LogP contribution in [-0.2, 0) is 4.79 Å². The average molecular weight is 264 g/mol. The summed E-state index contributed by atoms with van der Waals surface area (Å²) in [7, 11) is 0. The lowest BCUT2D eigenvalue weighted by Crippen LogP contribution is -2.17. The first kappa shape index (κ1) is 16.2. The molecule has 0 aliphatic heterocycles. The van der Waals surface area contributed by atoms with Crippen LogP contribution in [0.5, 0.6) is 0 Å². The highest BCUT2D eigenvalue weighted by atomic mass is 16.3. The summed E-state index contributed by atoms with van der Waals surface area (Å²) < 4.78 is 0. The summed E-state index contributed by atoms with van der Waals surface area (Å²) >= 11 is 0. The maximum atomic E-state index is 10.3. The standard InChI is InChI=1S/C17H28O2/c1-14-7-6-8-16(11-10-14)13-17(15(2)19)9-4-3-5-12-18/h7-8,12,15,17,19H,3-6,9-11,13H2,1-2H3. The number of unbranched alkanes of at least 4 members (excludes halogenated alkanes) is 2. The molecular formula is C17H28O2. The zero-order valence-electron chi connectivity index (χ0n) is 12.4. The van der Waals surface area contributed by atoms with Gasteiger partial charge in [0.25, 0.3) is 0 Å². The van der Waals surface area contributed by atoms with Gasteiger partial charge in [-0.2, -0.15) is 0 Å². The number of rotatable bonds is 8. The molecule has 0 aromatic carbocycles. The van der Waals surface area contributed by atoms with Gasteiger partial charge in [0, 0.05) is 6.42 Å². The first-order valence-corrected chi connectivity index (χ1v) is 7.58. The minimum absolute atomic E-state index is 0.255. The molecule has 0 saturated carbocycles. The fraction of sp³-hybridized carbons (Fsp3) is 0.706. The molecule has 0 fully saturated rings. The Kier molecular flexibility index (Phi) is 7.73. The Labute approximate surface area is 117 Å². The number of carbonyl (C=O) groups is 1. The maximum Gasteiger partial charge on any atom is 0.119 e. The average Bonchev–Trinajstić information content (AvgIpc) is 2.58. The van der Waals surface area contributed by atoms with E-state index in [9.17, 15) is 9.90 Å². The second kappa shape index (κ2) is 9.08. The Morgan fingerprint density at radius 2 is 2.11 bits per heavy atom.